The van der Waals surface area contributed by atoms with E-state index in [9.17, 15) is 24.1 Å². The highest BCUT2D eigenvalue weighted by atomic mass is 19.1. The number of furan rings is 1. The smallest absolute Gasteiger partial charge is 0.340 e. The number of amides is 1. The number of nitro benzene ring substituents is 1. The lowest BCUT2D eigenvalue weighted by Crippen LogP contribution is -2.21. The van der Waals surface area contributed by atoms with Gasteiger partial charge in [0.15, 0.2) is 6.61 Å². The summed E-state index contributed by atoms with van der Waals surface area (Å²) in [5, 5.41) is 12.9. The van der Waals surface area contributed by atoms with Crippen molar-refractivity contribution in [3.8, 4) is 0 Å². The van der Waals surface area contributed by atoms with E-state index in [-0.39, 0.29) is 16.9 Å². The maximum absolute atomic E-state index is 13.8. The number of hydrogen-bond donors (Lipinski definition) is 1. The average molecular weight is 415 g/mol. The summed E-state index contributed by atoms with van der Waals surface area (Å²) in [6.07, 6.45) is 1.56. The molecule has 0 aliphatic rings. The Labute approximate surface area is 170 Å². The lowest BCUT2D eigenvalue weighted by molar-refractivity contribution is -0.384. The molecule has 0 saturated heterocycles. The van der Waals surface area contributed by atoms with Crippen molar-refractivity contribution in [2.75, 3.05) is 11.9 Å². The van der Waals surface area contributed by atoms with Crippen molar-refractivity contribution in [3.63, 3.8) is 0 Å². The molecule has 3 aromatic rings. The Kier molecular flexibility index (Phi) is 5.95. The second-order valence-electron chi connectivity index (χ2n) is 6.50. The number of nitrogens with zero attached hydrogens (tertiary/aromatic N) is 2. The minimum absolute atomic E-state index is 0.286. The minimum Gasteiger partial charge on any atom is -0.467 e. The fraction of sp³-hybridized carbons (Fsp3) is 0.200. The summed E-state index contributed by atoms with van der Waals surface area (Å²) in [6.45, 7) is 3.32. The third-order valence-corrected chi connectivity index (χ3v) is 4.46. The molecule has 30 heavy (non-hydrogen) atoms. The molecule has 1 N–H and O–H groups in total. The van der Waals surface area contributed by atoms with E-state index in [0.717, 1.165) is 29.7 Å². The van der Waals surface area contributed by atoms with E-state index in [1.165, 1.54) is 0 Å². The molecular weight excluding hydrogens is 397 g/mol. The third-order valence-electron chi connectivity index (χ3n) is 4.46. The lowest BCUT2D eigenvalue weighted by Gasteiger charge is -2.09. The highest BCUT2D eigenvalue weighted by Gasteiger charge is 2.19. The van der Waals surface area contributed by atoms with Gasteiger partial charge in [0.2, 0.25) is 0 Å². The normalized spacial score (nSPS) is 10.6. The van der Waals surface area contributed by atoms with Gasteiger partial charge in [-0.15, -0.1) is 0 Å². The molecule has 156 valence electrons. The molecule has 0 bridgehead atoms. The Bertz CT molecular complexity index is 1100. The van der Waals surface area contributed by atoms with Gasteiger partial charge in [0.25, 0.3) is 11.6 Å². The first kappa shape index (κ1) is 20.8. The number of benzene rings is 1. The summed E-state index contributed by atoms with van der Waals surface area (Å²) in [5.74, 6) is -1.67. The van der Waals surface area contributed by atoms with Crippen LogP contribution in [0.4, 0.5) is 15.8 Å². The number of anilines is 1. The zero-order valence-corrected chi connectivity index (χ0v) is 16.2. The molecule has 10 heteroatoms. The van der Waals surface area contributed by atoms with Gasteiger partial charge in [0, 0.05) is 23.5 Å². The predicted octanol–water partition coefficient (Wildman–Crippen LogP) is 3.59. The second kappa shape index (κ2) is 8.60. The Morgan fingerprint density at radius 1 is 1.27 bits per heavy atom. The number of nitro groups is 1. The van der Waals surface area contributed by atoms with Gasteiger partial charge in [-0.2, -0.15) is 0 Å². The van der Waals surface area contributed by atoms with E-state index in [0.29, 0.717) is 12.2 Å². The molecule has 1 amide bonds. The SMILES string of the molecule is Cc1cc(C(=O)OCC(=O)Nc2cc([N+](=O)[O-])ccc2F)c(C)n1Cc1ccco1. The molecule has 1 aromatic carbocycles. The van der Waals surface area contributed by atoms with Crippen LogP contribution in [0.3, 0.4) is 0 Å². The van der Waals surface area contributed by atoms with Gasteiger partial charge >= 0.3 is 5.97 Å². The number of aryl methyl sites for hydroxylation is 1. The molecule has 0 aliphatic carbocycles. The van der Waals surface area contributed by atoms with Gasteiger partial charge in [-0.1, -0.05) is 0 Å². The number of hydrogen-bond acceptors (Lipinski definition) is 6. The van der Waals surface area contributed by atoms with E-state index in [1.54, 1.807) is 25.3 Å². The highest BCUT2D eigenvalue weighted by molar-refractivity contribution is 5.96. The fourth-order valence-electron chi connectivity index (χ4n) is 2.93. The van der Waals surface area contributed by atoms with Crippen LogP contribution < -0.4 is 5.32 Å². The van der Waals surface area contributed by atoms with Crippen molar-refractivity contribution in [1.82, 2.24) is 4.57 Å². The topological polar surface area (TPSA) is 117 Å². The molecule has 0 saturated carbocycles. The number of rotatable bonds is 7. The first-order valence-electron chi connectivity index (χ1n) is 8.86. The van der Waals surface area contributed by atoms with Crippen molar-refractivity contribution >= 4 is 23.3 Å². The molecule has 9 nitrogen and oxygen atoms in total. The number of carbonyl (C=O) groups is 2. The van der Waals surface area contributed by atoms with E-state index in [1.807, 2.05) is 17.6 Å². The standard InChI is InChI=1S/C20H18FN3O6/c1-12-8-16(13(2)23(12)10-15-4-3-7-29-15)20(26)30-11-19(25)22-18-9-14(24(27)28)5-6-17(18)21/h3-9H,10-11H2,1-2H3,(H,22,25). The summed E-state index contributed by atoms with van der Waals surface area (Å²) >= 11 is 0. The Hall–Kier alpha value is -3.95. The van der Waals surface area contributed by atoms with Crippen LogP contribution in [0.15, 0.2) is 47.1 Å². The monoisotopic (exact) mass is 415 g/mol. The van der Waals surface area contributed by atoms with Crippen LogP contribution in [0.2, 0.25) is 0 Å². The molecule has 0 atom stereocenters. The zero-order valence-electron chi connectivity index (χ0n) is 16.2. The molecule has 0 spiro atoms. The van der Waals surface area contributed by atoms with Crippen LogP contribution in [-0.4, -0.2) is 28.0 Å². The van der Waals surface area contributed by atoms with Crippen molar-refractivity contribution in [3.05, 3.63) is 81.3 Å². The molecule has 0 aliphatic heterocycles. The van der Waals surface area contributed by atoms with Gasteiger partial charge in [-0.05, 0) is 38.1 Å². The van der Waals surface area contributed by atoms with Gasteiger partial charge < -0.3 is 19.0 Å². The summed E-state index contributed by atoms with van der Waals surface area (Å²) < 4.78 is 26.0. The maximum Gasteiger partial charge on any atom is 0.340 e. The molecule has 3 rings (SSSR count). The van der Waals surface area contributed by atoms with E-state index < -0.39 is 29.2 Å². The van der Waals surface area contributed by atoms with Crippen molar-refractivity contribution in [2.24, 2.45) is 0 Å². The van der Waals surface area contributed by atoms with Crippen LogP contribution in [0.1, 0.15) is 27.5 Å². The first-order valence-corrected chi connectivity index (χ1v) is 8.86. The number of non-ortho nitro benzene ring substituents is 1. The highest BCUT2D eigenvalue weighted by Crippen LogP contribution is 2.21. The number of aromatic nitrogens is 1. The average Bonchev–Trinajstić information content (AvgIpc) is 3.31. The molecule has 2 aromatic heterocycles. The summed E-state index contributed by atoms with van der Waals surface area (Å²) in [4.78, 5) is 34.5. The van der Waals surface area contributed by atoms with Crippen LogP contribution >= 0.6 is 0 Å². The minimum atomic E-state index is -0.846. The number of carbonyl (C=O) groups excluding carboxylic acids is 2. The maximum atomic E-state index is 13.8. The second-order valence-corrected chi connectivity index (χ2v) is 6.50. The van der Waals surface area contributed by atoms with Crippen LogP contribution in [0.5, 0.6) is 0 Å². The van der Waals surface area contributed by atoms with Crippen LogP contribution in [0.25, 0.3) is 0 Å². The molecule has 0 radical (unpaired) electrons. The van der Waals surface area contributed by atoms with Crippen LogP contribution in [-0.2, 0) is 16.1 Å². The third kappa shape index (κ3) is 4.54. The fourth-order valence-corrected chi connectivity index (χ4v) is 2.93. The van der Waals surface area contributed by atoms with E-state index >= 15 is 0 Å². The number of halogens is 1. The van der Waals surface area contributed by atoms with E-state index in [4.69, 9.17) is 9.15 Å². The Morgan fingerprint density at radius 2 is 2.03 bits per heavy atom. The van der Waals surface area contributed by atoms with E-state index in [2.05, 4.69) is 5.32 Å². The predicted molar refractivity (Wildman–Crippen MR) is 104 cm³/mol. The Morgan fingerprint density at radius 3 is 2.70 bits per heavy atom. The molecule has 2 heterocycles. The van der Waals surface area contributed by atoms with Gasteiger partial charge in [-0.25, -0.2) is 9.18 Å². The van der Waals surface area contributed by atoms with Crippen molar-refractivity contribution < 1.29 is 28.1 Å². The van der Waals surface area contributed by atoms with Crippen LogP contribution in [0, 0.1) is 29.8 Å². The number of ether oxygens (including phenoxy) is 1. The first-order chi connectivity index (χ1) is 14.3. The lowest BCUT2D eigenvalue weighted by atomic mass is 10.2. The summed E-state index contributed by atoms with van der Waals surface area (Å²) in [7, 11) is 0. The number of nitrogens with one attached hydrogen (secondary N) is 1. The van der Waals surface area contributed by atoms with Gasteiger partial charge in [0.05, 0.1) is 29.0 Å². The zero-order chi connectivity index (χ0) is 21.8. The van der Waals surface area contributed by atoms with Crippen molar-refractivity contribution in [1.29, 1.82) is 0 Å². The van der Waals surface area contributed by atoms with Gasteiger partial charge in [0.1, 0.15) is 11.6 Å². The molecule has 0 fully saturated rings. The summed E-state index contributed by atoms with van der Waals surface area (Å²) in [6, 6.07) is 7.95. The quantitative estimate of drug-likeness (QED) is 0.358. The molecule has 0 unspecified atom stereocenters. The molecular formula is C20H18FN3O6. The Balaban J connectivity index is 1.64. The largest absolute Gasteiger partial charge is 0.467 e. The van der Waals surface area contributed by atoms with Gasteiger partial charge in [-0.3, -0.25) is 14.9 Å². The summed E-state index contributed by atoms with van der Waals surface area (Å²) in [5.41, 5.74) is 0.973. The van der Waals surface area contributed by atoms with Crippen molar-refractivity contribution in [2.45, 2.75) is 20.4 Å². The number of esters is 1.